The highest BCUT2D eigenvalue weighted by Crippen LogP contribution is 2.19. The number of carbonyl (C=O) groups is 1. The van der Waals surface area contributed by atoms with Crippen LogP contribution in [0, 0.1) is 5.92 Å². The molecule has 20 heavy (non-hydrogen) atoms. The van der Waals surface area contributed by atoms with Crippen LogP contribution < -0.4 is 10.6 Å². The number of methoxy groups -OCH3 is 1. The largest absolute Gasteiger partial charge is 0.384 e. The standard InChI is InChI=1S/C16H24N2O2/c1-20-11-8-14-4-2-3-5-15(14)18-16(19)12-13-6-9-17-10-7-13/h2-5,13,17H,6-12H2,1H3,(H,18,19). The number of para-hydroxylation sites is 1. The van der Waals surface area contributed by atoms with Gasteiger partial charge in [-0.3, -0.25) is 4.79 Å². The molecule has 1 aliphatic rings. The Morgan fingerprint density at radius 2 is 2.10 bits per heavy atom. The molecule has 1 aromatic carbocycles. The summed E-state index contributed by atoms with van der Waals surface area (Å²) >= 11 is 0. The van der Waals surface area contributed by atoms with Crippen molar-refractivity contribution >= 4 is 11.6 Å². The third-order valence-electron chi connectivity index (χ3n) is 3.80. The molecule has 0 aromatic heterocycles. The normalized spacial score (nSPS) is 16.1. The second kappa shape index (κ2) is 8.02. The molecule has 4 heteroatoms. The van der Waals surface area contributed by atoms with Crippen LogP contribution in [-0.4, -0.2) is 32.7 Å². The molecule has 1 heterocycles. The molecule has 1 aliphatic heterocycles. The zero-order chi connectivity index (χ0) is 14.2. The predicted molar refractivity (Wildman–Crippen MR) is 80.9 cm³/mol. The van der Waals surface area contributed by atoms with Crippen molar-refractivity contribution < 1.29 is 9.53 Å². The van der Waals surface area contributed by atoms with E-state index < -0.39 is 0 Å². The summed E-state index contributed by atoms with van der Waals surface area (Å²) in [6.45, 7) is 2.73. The number of hydrogen-bond acceptors (Lipinski definition) is 3. The number of benzene rings is 1. The smallest absolute Gasteiger partial charge is 0.224 e. The summed E-state index contributed by atoms with van der Waals surface area (Å²) in [5, 5.41) is 6.38. The van der Waals surface area contributed by atoms with Crippen molar-refractivity contribution in [1.82, 2.24) is 5.32 Å². The molecule has 0 radical (unpaired) electrons. The second-order valence-electron chi connectivity index (χ2n) is 5.35. The SMILES string of the molecule is COCCc1ccccc1NC(=O)CC1CCNCC1. The number of hydrogen-bond donors (Lipinski definition) is 2. The molecule has 2 N–H and O–H groups in total. The second-order valence-corrected chi connectivity index (χ2v) is 5.35. The van der Waals surface area contributed by atoms with E-state index in [0.29, 0.717) is 18.9 Å². The molecule has 0 atom stereocenters. The van der Waals surface area contributed by atoms with Crippen LogP contribution in [0.3, 0.4) is 0 Å². The number of nitrogens with one attached hydrogen (secondary N) is 2. The van der Waals surface area contributed by atoms with E-state index in [0.717, 1.165) is 43.6 Å². The molecule has 0 aliphatic carbocycles. The number of anilines is 1. The summed E-state index contributed by atoms with van der Waals surface area (Å²) in [6.07, 6.45) is 3.64. The zero-order valence-electron chi connectivity index (χ0n) is 12.2. The van der Waals surface area contributed by atoms with E-state index in [4.69, 9.17) is 4.74 Å². The molecule has 1 amide bonds. The van der Waals surface area contributed by atoms with Gasteiger partial charge in [0, 0.05) is 19.2 Å². The van der Waals surface area contributed by atoms with Gasteiger partial charge in [0.25, 0.3) is 0 Å². The van der Waals surface area contributed by atoms with Crippen LogP contribution in [0.25, 0.3) is 0 Å². The van der Waals surface area contributed by atoms with Gasteiger partial charge in [-0.1, -0.05) is 18.2 Å². The highest BCUT2D eigenvalue weighted by atomic mass is 16.5. The first-order chi connectivity index (χ1) is 9.79. The quantitative estimate of drug-likeness (QED) is 0.837. The van der Waals surface area contributed by atoms with Gasteiger partial charge >= 0.3 is 0 Å². The lowest BCUT2D eigenvalue weighted by atomic mass is 9.94. The van der Waals surface area contributed by atoms with Crippen LogP contribution in [0.4, 0.5) is 5.69 Å². The lowest BCUT2D eigenvalue weighted by molar-refractivity contribution is -0.117. The number of carbonyl (C=O) groups excluding carboxylic acids is 1. The van der Waals surface area contributed by atoms with E-state index in [2.05, 4.69) is 10.6 Å². The van der Waals surface area contributed by atoms with Gasteiger partial charge in [0.1, 0.15) is 0 Å². The molecule has 110 valence electrons. The summed E-state index contributed by atoms with van der Waals surface area (Å²) in [5.41, 5.74) is 2.05. The lowest BCUT2D eigenvalue weighted by Crippen LogP contribution is -2.30. The lowest BCUT2D eigenvalue weighted by Gasteiger charge is -2.22. The van der Waals surface area contributed by atoms with Crippen LogP contribution in [0.2, 0.25) is 0 Å². The molecule has 0 unspecified atom stereocenters. The fraction of sp³-hybridized carbons (Fsp3) is 0.562. The van der Waals surface area contributed by atoms with Crippen LogP contribution in [0.15, 0.2) is 24.3 Å². The Kier molecular flexibility index (Phi) is 6.02. The summed E-state index contributed by atoms with van der Waals surface area (Å²) in [6, 6.07) is 7.95. The van der Waals surface area contributed by atoms with Crippen molar-refractivity contribution in [3.63, 3.8) is 0 Å². The van der Waals surface area contributed by atoms with Crippen molar-refractivity contribution in [3.05, 3.63) is 29.8 Å². The van der Waals surface area contributed by atoms with Gasteiger partial charge in [-0.25, -0.2) is 0 Å². The first-order valence-corrected chi connectivity index (χ1v) is 7.37. The zero-order valence-corrected chi connectivity index (χ0v) is 12.2. The highest BCUT2D eigenvalue weighted by Gasteiger charge is 2.17. The number of ether oxygens (including phenoxy) is 1. The monoisotopic (exact) mass is 276 g/mol. The van der Waals surface area contributed by atoms with Crippen LogP contribution in [-0.2, 0) is 16.0 Å². The van der Waals surface area contributed by atoms with Gasteiger partial charge in [-0.05, 0) is 49.9 Å². The number of piperidine rings is 1. The van der Waals surface area contributed by atoms with Crippen LogP contribution >= 0.6 is 0 Å². The minimum absolute atomic E-state index is 0.127. The molecule has 2 rings (SSSR count). The average Bonchev–Trinajstić information content (AvgIpc) is 2.47. The van der Waals surface area contributed by atoms with Crippen molar-refractivity contribution in [1.29, 1.82) is 0 Å². The Bertz CT molecular complexity index is 428. The van der Waals surface area contributed by atoms with Gasteiger partial charge in [0.2, 0.25) is 5.91 Å². The Balaban J connectivity index is 1.89. The minimum Gasteiger partial charge on any atom is -0.384 e. The summed E-state index contributed by atoms with van der Waals surface area (Å²) in [5.74, 6) is 0.643. The molecule has 0 saturated carbocycles. The molecule has 0 spiro atoms. The Morgan fingerprint density at radius 3 is 2.85 bits per heavy atom. The molecule has 4 nitrogen and oxygen atoms in total. The van der Waals surface area contributed by atoms with E-state index in [9.17, 15) is 4.79 Å². The van der Waals surface area contributed by atoms with E-state index in [1.807, 2.05) is 24.3 Å². The van der Waals surface area contributed by atoms with Gasteiger partial charge < -0.3 is 15.4 Å². The number of amides is 1. The maximum Gasteiger partial charge on any atom is 0.224 e. The summed E-state index contributed by atoms with van der Waals surface area (Å²) in [7, 11) is 1.69. The van der Waals surface area contributed by atoms with E-state index in [-0.39, 0.29) is 5.91 Å². The van der Waals surface area contributed by atoms with Crippen LogP contribution in [0.5, 0.6) is 0 Å². The van der Waals surface area contributed by atoms with Gasteiger partial charge in [0.05, 0.1) is 6.61 Å². The Morgan fingerprint density at radius 1 is 1.35 bits per heavy atom. The van der Waals surface area contributed by atoms with Crippen molar-refractivity contribution in [2.45, 2.75) is 25.7 Å². The fourth-order valence-electron chi connectivity index (χ4n) is 2.62. The van der Waals surface area contributed by atoms with E-state index in [1.54, 1.807) is 7.11 Å². The number of rotatable bonds is 6. The molecular weight excluding hydrogens is 252 g/mol. The minimum atomic E-state index is 0.127. The van der Waals surface area contributed by atoms with Gasteiger partial charge in [0.15, 0.2) is 0 Å². The summed E-state index contributed by atoms with van der Waals surface area (Å²) < 4.78 is 5.11. The Labute approximate surface area is 120 Å². The third-order valence-corrected chi connectivity index (χ3v) is 3.80. The van der Waals surface area contributed by atoms with Crippen molar-refractivity contribution in [3.8, 4) is 0 Å². The van der Waals surface area contributed by atoms with Crippen molar-refractivity contribution in [2.75, 3.05) is 32.1 Å². The molecule has 1 aromatic rings. The first-order valence-electron chi connectivity index (χ1n) is 7.37. The Hall–Kier alpha value is -1.39. The molecule has 1 saturated heterocycles. The predicted octanol–water partition coefficient (Wildman–Crippen LogP) is 2.20. The topological polar surface area (TPSA) is 50.4 Å². The molecular formula is C16H24N2O2. The summed E-state index contributed by atoms with van der Waals surface area (Å²) in [4.78, 5) is 12.1. The maximum absolute atomic E-state index is 12.1. The maximum atomic E-state index is 12.1. The highest BCUT2D eigenvalue weighted by molar-refractivity contribution is 5.91. The first kappa shape index (κ1) is 15.0. The van der Waals surface area contributed by atoms with Crippen LogP contribution in [0.1, 0.15) is 24.8 Å². The van der Waals surface area contributed by atoms with Gasteiger partial charge in [-0.15, -0.1) is 0 Å². The van der Waals surface area contributed by atoms with Gasteiger partial charge in [-0.2, -0.15) is 0 Å². The molecule has 0 bridgehead atoms. The van der Waals surface area contributed by atoms with E-state index >= 15 is 0 Å². The molecule has 1 fully saturated rings. The third kappa shape index (κ3) is 4.62. The van der Waals surface area contributed by atoms with E-state index in [1.165, 1.54) is 0 Å². The van der Waals surface area contributed by atoms with Crippen molar-refractivity contribution in [2.24, 2.45) is 5.92 Å². The fourth-order valence-corrected chi connectivity index (χ4v) is 2.62. The average molecular weight is 276 g/mol.